The van der Waals surface area contributed by atoms with E-state index in [1.165, 1.54) is 11.3 Å². The summed E-state index contributed by atoms with van der Waals surface area (Å²) in [6.45, 7) is 7.44. The zero-order chi connectivity index (χ0) is 13.8. The minimum atomic E-state index is -0.948. The Kier molecular flexibility index (Phi) is 4.73. The van der Waals surface area contributed by atoms with Crippen LogP contribution in [0.25, 0.3) is 0 Å². The molecule has 1 unspecified atom stereocenters. The molecule has 18 heavy (non-hydrogen) atoms. The van der Waals surface area contributed by atoms with Crippen molar-refractivity contribution in [2.75, 3.05) is 18.0 Å². The van der Waals surface area contributed by atoms with Crippen molar-refractivity contribution in [3.8, 4) is 0 Å². The smallest absolute Gasteiger partial charge is 0.237 e. The number of benzene rings is 1. The molecule has 0 aliphatic carbocycles. The molecule has 0 bridgehead atoms. The van der Waals surface area contributed by atoms with E-state index in [4.69, 9.17) is 11.5 Å². The van der Waals surface area contributed by atoms with E-state index in [9.17, 15) is 4.79 Å². The molecule has 1 aromatic rings. The van der Waals surface area contributed by atoms with Crippen LogP contribution in [0.15, 0.2) is 24.3 Å². The number of amides is 1. The van der Waals surface area contributed by atoms with Crippen LogP contribution in [0.4, 0.5) is 5.69 Å². The average Bonchev–Trinajstić information content (AvgIpc) is 2.31. The highest BCUT2D eigenvalue weighted by Gasteiger charge is 2.26. The highest BCUT2D eigenvalue weighted by molar-refractivity contribution is 5.83. The molecule has 0 aliphatic heterocycles. The summed E-state index contributed by atoms with van der Waals surface area (Å²) < 4.78 is 0. The number of nitrogens with two attached hydrogens (primary N) is 2. The molecule has 1 atom stereocenters. The van der Waals surface area contributed by atoms with Gasteiger partial charge in [-0.15, -0.1) is 0 Å². The van der Waals surface area contributed by atoms with E-state index in [-0.39, 0.29) is 0 Å². The first-order valence-electron chi connectivity index (χ1n) is 6.28. The SMILES string of the molecule is CCN(CCC(C)(N)C(N)=O)c1ccccc1C. The fourth-order valence-electron chi connectivity index (χ4n) is 1.86. The molecule has 100 valence electrons. The number of hydrogen-bond donors (Lipinski definition) is 2. The molecule has 4 nitrogen and oxygen atoms in total. The molecule has 0 saturated carbocycles. The molecule has 0 aromatic heterocycles. The molecule has 0 aliphatic rings. The van der Waals surface area contributed by atoms with Gasteiger partial charge in [-0.05, 0) is 38.8 Å². The van der Waals surface area contributed by atoms with Gasteiger partial charge < -0.3 is 16.4 Å². The van der Waals surface area contributed by atoms with Crippen molar-refractivity contribution in [3.63, 3.8) is 0 Å². The van der Waals surface area contributed by atoms with Crippen LogP contribution >= 0.6 is 0 Å². The molecule has 1 rings (SSSR count). The van der Waals surface area contributed by atoms with Crippen LogP contribution in [-0.4, -0.2) is 24.5 Å². The fraction of sp³-hybridized carbons (Fsp3) is 0.500. The summed E-state index contributed by atoms with van der Waals surface area (Å²) >= 11 is 0. The first-order chi connectivity index (χ1) is 8.38. The quantitative estimate of drug-likeness (QED) is 0.800. The normalized spacial score (nSPS) is 14.0. The summed E-state index contributed by atoms with van der Waals surface area (Å²) in [5.74, 6) is -0.455. The Balaban J connectivity index is 2.75. The monoisotopic (exact) mass is 249 g/mol. The minimum absolute atomic E-state index is 0.455. The van der Waals surface area contributed by atoms with Crippen LogP contribution in [-0.2, 0) is 4.79 Å². The number of carbonyl (C=O) groups excluding carboxylic acids is 1. The molecule has 0 saturated heterocycles. The summed E-state index contributed by atoms with van der Waals surface area (Å²) in [7, 11) is 0. The summed E-state index contributed by atoms with van der Waals surface area (Å²) in [4.78, 5) is 13.4. The number of para-hydroxylation sites is 1. The van der Waals surface area contributed by atoms with Crippen molar-refractivity contribution < 1.29 is 4.79 Å². The van der Waals surface area contributed by atoms with E-state index in [0.717, 1.165) is 13.1 Å². The van der Waals surface area contributed by atoms with E-state index in [2.05, 4.69) is 30.9 Å². The van der Waals surface area contributed by atoms with E-state index in [1.807, 2.05) is 12.1 Å². The van der Waals surface area contributed by atoms with Gasteiger partial charge in [0, 0.05) is 18.8 Å². The number of hydrogen-bond acceptors (Lipinski definition) is 3. The third kappa shape index (κ3) is 3.47. The van der Waals surface area contributed by atoms with Gasteiger partial charge in [-0.3, -0.25) is 4.79 Å². The van der Waals surface area contributed by atoms with Crippen molar-refractivity contribution in [1.82, 2.24) is 0 Å². The summed E-state index contributed by atoms with van der Waals surface area (Å²) in [6, 6.07) is 8.19. The number of carbonyl (C=O) groups is 1. The van der Waals surface area contributed by atoms with E-state index < -0.39 is 11.4 Å². The van der Waals surface area contributed by atoms with Crippen molar-refractivity contribution >= 4 is 11.6 Å². The number of rotatable bonds is 6. The van der Waals surface area contributed by atoms with E-state index in [0.29, 0.717) is 6.42 Å². The van der Waals surface area contributed by atoms with Gasteiger partial charge in [0.25, 0.3) is 0 Å². The molecule has 1 amide bonds. The number of primary amides is 1. The van der Waals surface area contributed by atoms with Crippen LogP contribution in [0, 0.1) is 6.92 Å². The topological polar surface area (TPSA) is 72.3 Å². The van der Waals surface area contributed by atoms with Gasteiger partial charge in [0.1, 0.15) is 0 Å². The summed E-state index contributed by atoms with van der Waals surface area (Å²) in [5, 5.41) is 0. The second-order valence-corrected chi connectivity index (χ2v) is 4.90. The minimum Gasteiger partial charge on any atom is -0.372 e. The van der Waals surface area contributed by atoms with Gasteiger partial charge >= 0.3 is 0 Å². The Bertz CT molecular complexity index is 415. The van der Waals surface area contributed by atoms with Crippen LogP contribution in [0.5, 0.6) is 0 Å². The lowest BCUT2D eigenvalue weighted by Crippen LogP contribution is -2.51. The van der Waals surface area contributed by atoms with Crippen molar-refractivity contribution in [2.45, 2.75) is 32.7 Å². The largest absolute Gasteiger partial charge is 0.372 e. The van der Waals surface area contributed by atoms with Crippen LogP contribution in [0.2, 0.25) is 0 Å². The Morgan fingerprint density at radius 1 is 1.39 bits per heavy atom. The second kappa shape index (κ2) is 5.87. The lowest BCUT2D eigenvalue weighted by molar-refractivity contribution is -0.122. The highest BCUT2D eigenvalue weighted by Crippen LogP contribution is 2.20. The first kappa shape index (κ1) is 14.5. The second-order valence-electron chi connectivity index (χ2n) is 4.90. The van der Waals surface area contributed by atoms with E-state index >= 15 is 0 Å². The molecule has 4 heteroatoms. The lowest BCUT2D eigenvalue weighted by Gasteiger charge is -2.29. The zero-order valence-corrected chi connectivity index (χ0v) is 11.4. The molecule has 0 fully saturated rings. The molecule has 4 N–H and O–H groups in total. The van der Waals surface area contributed by atoms with Crippen molar-refractivity contribution in [1.29, 1.82) is 0 Å². The fourth-order valence-corrected chi connectivity index (χ4v) is 1.86. The Hall–Kier alpha value is -1.55. The number of nitrogens with zero attached hydrogens (tertiary/aromatic N) is 1. The molecule has 0 heterocycles. The Morgan fingerprint density at radius 2 is 2.00 bits per heavy atom. The van der Waals surface area contributed by atoms with Crippen LogP contribution < -0.4 is 16.4 Å². The molecule has 0 radical (unpaired) electrons. The maximum Gasteiger partial charge on any atom is 0.237 e. The Morgan fingerprint density at radius 3 is 2.50 bits per heavy atom. The summed E-state index contributed by atoms with van der Waals surface area (Å²) in [6.07, 6.45) is 0.546. The van der Waals surface area contributed by atoms with Gasteiger partial charge in [-0.2, -0.15) is 0 Å². The number of anilines is 1. The predicted octanol–water partition coefficient (Wildman–Crippen LogP) is 1.41. The van der Waals surface area contributed by atoms with Gasteiger partial charge in [0.05, 0.1) is 5.54 Å². The first-order valence-corrected chi connectivity index (χ1v) is 6.28. The summed E-state index contributed by atoms with van der Waals surface area (Å²) in [5.41, 5.74) is 12.6. The van der Waals surface area contributed by atoms with E-state index in [1.54, 1.807) is 6.92 Å². The van der Waals surface area contributed by atoms with Crippen LogP contribution in [0.1, 0.15) is 25.8 Å². The lowest BCUT2D eigenvalue weighted by atomic mass is 9.98. The maximum absolute atomic E-state index is 11.2. The zero-order valence-electron chi connectivity index (χ0n) is 11.4. The molecule has 1 aromatic carbocycles. The third-order valence-corrected chi connectivity index (χ3v) is 3.30. The third-order valence-electron chi connectivity index (χ3n) is 3.30. The number of aryl methyl sites for hydroxylation is 1. The van der Waals surface area contributed by atoms with Crippen LogP contribution in [0.3, 0.4) is 0 Å². The van der Waals surface area contributed by atoms with Gasteiger partial charge in [0.2, 0.25) is 5.91 Å². The van der Waals surface area contributed by atoms with Gasteiger partial charge in [-0.25, -0.2) is 0 Å². The highest BCUT2D eigenvalue weighted by atomic mass is 16.1. The van der Waals surface area contributed by atoms with Gasteiger partial charge in [0.15, 0.2) is 0 Å². The molecule has 0 spiro atoms. The molecular formula is C14H23N3O. The van der Waals surface area contributed by atoms with Crippen molar-refractivity contribution in [3.05, 3.63) is 29.8 Å². The Labute approximate surface area is 109 Å². The predicted molar refractivity (Wildman–Crippen MR) is 75.5 cm³/mol. The van der Waals surface area contributed by atoms with Gasteiger partial charge in [-0.1, -0.05) is 18.2 Å². The van der Waals surface area contributed by atoms with Crippen molar-refractivity contribution in [2.24, 2.45) is 11.5 Å². The molecular weight excluding hydrogens is 226 g/mol. The maximum atomic E-state index is 11.2. The standard InChI is InChI=1S/C14H23N3O/c1-4-17(10-9-14(3,16)13(15)18)12-8-6-5-7-11(12)2/h5-8H,4,9-10,16H2,1-3H3,(H2,15,18). The average molecular weight is 249 g/mol.